The molecule has 3 N–H and O–H groups in total. The summed E-state index contributed by atoms with van der Waals surface area (Å²) < 4.78 is 12.6. The van der Waals surface area contributed by atoms with E-state index in [1.165, 1.54) is 12.1 Å². The van der Waals surface area contributed by atoms with Crippen LogP contribution in [-0.4, -0.2) is 36.2 Å². The summed E-state index contributed by atoms with van der Waals surface area (Å²) in [6.07, 6.45) is 0. The molecule has 0 aliphatic heterocycles. The lowest BCUT2D eigenvalue weighted by Crippen LogP contribution is -2.31. The second kappa shape index (κ2) is 6.50. The van der Waals surface area contributed by atoms with Crippen molar-refractivity contribution >= 4 is 0 Å². The lowest BCUT2D eigenvalue weighted by Gasteiger charge is -2.20. The summed E-state index contributed by atoms with van der Waals surface area (Å²) in [5, 5.41) is 8.84. The standard InChI is InChI=1S/C11H17FN2O/c12-11-3-1-10(2-4-11)9-14(6-5-13)7-8-15/h1-4,15H,5-9,13H2. The normalized spacial score (nSPS) is 10.9. The lowest BCUT2D eigenvalue weighted by atomic mass is 10.2. The number of halogens is 1. The Labute approximate surface area is 89.3 Å². The van der Waals surface area contributed by atoms with Gasteiger partial charge in [0, 0.05) is 26.2 Å². The van der Waals surface area contributed by atoms with Gasteiger partial charge in [0.2, 0.25) is 0 Å². The fraction of sp³-hybridized carbons (Fsp3) is 0.455. The molecule has 0 saturated carbocycles. The van der Waals surface area contributed by atoms with E-state index in [0.717, 1.165) is 12.1 Å². The fourth-order valence-electron chi connectivity index (χ4n) is 1.44. The molecule has 1 rings (SSSR count). The minimum Gasteiger partial charge on any atom is -0.395 e. The summed E-state index contributed by atoms with van der Waals surface area (Å²) in [7, 11) is 0. The fourth-order valence-corrected chi connectivity index (χ4v) is 1.44. The molecule has 0 aromatic heterocycles. The van der Waals surface area contributed by atoms with Gasteiger partial charge < -0.3 is 10.8 Å². The van der Waals surface area contributed by atoms with E-state index < -0.39 is 0 Å². The van der Waals surface area contributed by atoms with Crippen LogP contribution in [0.2, 0.25) is 0 Å². The topological polar surface area (TPSA) is 49.5 Å². The molecule has 0 saturated heterocycles. The first-order valence-electron chi connectivity index (χ1n) is 5.04. The second-order valence-corrected chi connectivity index (χ2v) is 3.41. The van der Waals surface area contributed by atoms with Crippen LogP contribution >= 0.6 is 0 Å². The van der Waals surface area contributed by atoms with Crippen LogP contribution in [0.25, 0.3) is 0 Å². The Morgan fingerprint density at radius 3 is 2.40 bits per heavy atom. The van der Waals surface area contributed by atoms with Gasteiger partial charge in [0.05, 0.1) is 6.61 Å². The van der Waals surface area contributed by atoms with Crippen LogP contribution in [0, 0.1) is 5.82 Å². The van der Waals surface area contributed by atoms with Gasteiger partial charge in [-0.3, -0.25) is 4.90 Å². The summed E-state index contributed by atoms with van der Waals surface area (Å²) >= 11 is 0. The molecule has 84 valence electrons. The molecule has 0 fully saturated rings. The monoisotopic (exact) mass is 212 g/mol. The molecular formula is C11H17FN2O. The third-order valence-electron chi connectivity index (χ3n) is 2.18. The van der Waals surface area contributed by atoms with E-state index in [2.05, 4.69) is 0 Å². The Bertz CT molecular complexity index is 270. The molecule has 1 aromatic rings. The van der Waals surface area contributed by atoms with Gasteiger partial charge in [-0.15, -0.1) is 0 Å². The number of hydrogen-bond acceptors (Lipinski definition) is 3. The van der Waals surface area contributed by atoms with Crippen molar-refractivity contribution in [3.8, 4) is 0 Å². The summed E-state index contributed by atoms with van der Waals surface area (Å²) in [6.45, 7) is 2.69. The summed E-state index contributed by atoms with van der Waals surface area (Å²) in [5.74, 6) is -0.230. The first kappa shape index (κ1) is 12.1. The molecule has 4 heteroatoms. The third kappa shape index (κ3) is 4.38. The van der Waals surface area contributed by atoms with Gasteiger partial charge in [-0.2, -0.15) is 0 Å². The van der Waals surface area contributed by atoms with Crippen LogP contribution in [-0.2, 0) is 6.54 Å². The molecule has 3 nitrogen and oxygen atoms in total. The molecule has 0 bridgehead atoms. The van der Waals surface area contributed by atoms with Crippen molar-refractivity contribution in [2.75, 3.05) is 26.2 Å². The molecule has 1 aromatic carbocycles. The van der Waals surface area contributed by atoms with Gasteiger partial charge in [0.25, 0.3) is 0 Å². The highest BCUT2D eigenvalue weighted by molar-refractivity contribution is 5.15. The Morgan fingerprint density at radius 2 is 1.87 bits per heavy atom. The smallest absolute Gasteiger partial charge is 0.123 e. The van der Waals surface area contributed by atoms with Crippen molar-refractivity contribution in [2.45, 2.75) is 6.54 Å². The number of nitrogens with zero attached hydrogens (tertiary/aromatic N) is 1. The number of rotatable bonds is 6. The molecule has 0 spiro atoms. The van der Waals surface area contributed by atoms with E-state index in [4.69, 9.17) is 10.8 Å². The van der Waals surface area contributed by atoms with Crippen molar-refractivity contribution in [3.05, 3.63) is 35.6 Å². The van der Waals surface area contributed by atoms with Gasteiger partial charge in [0.1, 0.15) is 5.82 Å². The van der Waals surface area contributed by atoms with Gasteiger partial charge in [-0.1, -0.05) is 12.1 Å². The molecule has 0 aliphatic rings. The second-order valence-electron chi connectivity index (χ2n) is 3.41. The maximum atomic E-state index is 12.6. The average Bonchev–Trinajstić information content (AvgIpc) is 2.22. The largest absolute Gasteiger partial charge is 0.395 e. The Balaban J connectivity index is 2.53. The maximum absolute atomic E-state index is 12.6. The van der Waals surface area contributed by atoms with E-state index >= 15 is 0 Å². The quantitative estimate of drug-likeness (QED) is 0.725. The van der Waals surface area contributed by atoms with Crippen molar-refractivity contribution in [2.24, 2.45) is 5.73 Å². The molecule has 0 atom stereocenters. The molecule has 0 amide bonds. The highest BCUT2D eigenvalue weighted by Gasteiger charge is 2.04. The van der Waals surface area contributed by atoms with E-state index in [1.807, 2.05) is 4.90 Å². The first-order valence-corrected chi connectivity index (χ1v) is 5.04. The third-order valence-corrected chi connectivity index (χ3v) is 2.18. The summed E-state index contributed by atoms with van der Waals surface area (Å²) in [4.78, 5) is 2.03. The van der Waals surface area contributed by atoms with Gasteiger partial charge in [0.15, 0.2) is 0 Å². The number of benzene rings is 1. The van der Waals surface area contributed by atoms with Crippen molar-refractivity contribution in [1.82, 2.24) is 4.90 Å². The average molecular weight is 212 g/mol. The highest BCUT2D eigenvalue weighted by atomic mass is 19.1. The van der Waals surface area contributed by atoms with E-state index in [-0.39, 0.29) is 12.4 Å². The SMILES string of the molecule is NCCN(CCO)Cc1ccc(F)cc1. The number of hydrogen-bond donors (Lipinski definition) is 2. The Morgan fingerprint density at radius 1 is 1.20 bits per heavy atom. The Kier molecular flexibility index (Phi) is 5.25. The molecular weight excluding hydrogens is 195 g/mol. The van der Waals surface area contributed by atoms with Gasteiger partial charge >= 0.3 is 0 Å². The maximum Gasteiger partial charge on any atom is 0.123 e. The van der Waals surface area contributed by atoms with Crippen molar-refractivity contribution < 1.29 is 9.50 Å². The van der Waals surface area contributed by atoms with Crippen molar-refractivity contribution in [3.63, 3.8) is 0 Å². The zero-order valence-corrected chi connectivity index (χ0v) is 8.69. The number of aliphatic hydroxyl groups excluding tert-OH is 1. The number of aliphatic hydroxyl groups is 1. The van der Waals surface area contributed by atoms with Gasteiger partial charge in [-0.25, -0.2) is 4.39 Å². The predicted molar refractivity (Wildman–Crippen MR) is 57.8 cm³/mol. The first-order chi connectivity index (χ1) is 7.26. The van der Waals surface area contributed by atoms with Crippen LogP contribution in [0.15, 0.2) is 24.3 Å². The van der Waals surface area contributed by atoms with Crippen LogP contribution in [0.1, 0.15) is 5.56 Å². The van der Waals surface area contributed by atoms with Crippen LogP contribution in [0.3, 0.4) is 0 Å². The minimum absolute atomic E-state index is 0.112. The van der Waals surface area contributed by atoms with Crippen LogP contribution in [0.4, 0.5) is 4.39 Å². The zero-order valence-electron chi connectivity index (χ0n) is 8.69. The van der Waals surface area contributed by atoms with E-state index in [1.54, 1.807) is 12.1 Å². The van der Waals surface area contributed by atoms with Gasteiger partial charge in [-0.05, 0) is 17.7 Å². The Hall–Kier alpha value is -0.970. The molecule has 0 unspecified atom stereocenters. The summed E-state index contributed by atoms with van der Waals surface area (Å²) in [6, 6.07) is 6.37. The number of nitrogens with two attached hydrogens (primary N) is 1. The summed E-state index contributed by atoms with van der Waals surface area (Å²) in [5.41, 5.74) is 6.48. The van der Waals surface area contributed by atoms with Crippen LogP contribution < -0.4 is 5.73 Å². The minimum atomic E-state index is -0.230. The molecule has 15 heavy (non-hydrogen) atoms. The molecule has 0 aliphatic carbocycles. The van der Waals surface area contributed by atoms with Crippen molar-refractivity contribution in [1.29, 1.82) is 0 Å². The molecule has 0 radical (unpaired) electrons. The predicted octanol–water partition coefficient (Wildman–Crippen LogP) is 0.579. The van der Waals surface area contributed by atoms with Crippen LogP contribution in [0.5, 0.6) is 0 Å². The van der Waals surface area contributed by atoms with E-state index in [9.17, 15) is 4.39 Å². The zero-order chi connectivity index (χ0) is 11.1. The molecule has 0 heterocycles. The highest BCUT2D eigenvalue weighted by Crippen LogP contribution is 2.05. The lowest BCUT2D eigenvalue weighted by molar-refractivity contribution is 0.194. The van der Waals surface area contributed by atoms with E-state index in [0.29, 0.717) is 19.6 Å².